The summed E-state index contributed by atoms with van der Waals surface area (Å²) in [5, 5.41) is 1.72. The molecule has 2 heterocycles. The number of amides is 2. The third-order valence-corrected chi connectivity index (χ3v) is 4.95. The summed E-state index contributed by atoms with van der Waals surface area (Å²) in [6.45, 7) is 10.2. The summed E-state index contributed by atoms with van der Waals surface area (Å²) < 4.78 is 7.43. The number of imide groups is 1. The van der Waals surface area contributed by atoms with Crippen LogP contribution in [0.3, 0.4) is 0 Å². The van der Waals surface area contributed by atoms with Gasteiger partial charge in [0.1, 0.15) is 18.2 Å². The maximum Gasteiger partial charge on any atom is 0.290 e. The van der Waals surface area contributed by atoms with Crippen molar-refractivity contribution in [3.8, 4) is 5.75 Å². The lowest BCUT2D eigenvalue weighted by Gasteiger charge is -2.14. The summed E-state index contributed by atoms with van der Waals surface area (Å²) in [5.41, 5.74) is 1.71. The molecule has 1 aliphatic rings. The van der Waals surface area contributed by atoms with Crippen LogP contribution < -0.4 is 15.6 Å². The molecule has 1 N–H and O–H groups in total. The first-order valence-corrected chi connectivity index (χ1v) is 10.2. The van der Waals surface area contributed by atoms with Crippen LogP contribution >= 0.6 is 11.8 Å². The Balaban J connectivity index is 0.000000313. The molecule has 7 nitrogen and oxygen atoms in total. The number of carbonyl (C=O) groups is 2. The van der Waals surface area contributed by atoms with Gasteiger partial charge in [0, 0.05) is 17.7 Å². The largest absolute Gasteiger partial charge is 0.492 e. The average Bonchev–Trinajstić information content (AvgIpc) is 3.00. The summed E-state index contributed by atoms with van der Waals surface area (Å²) in [5.74, 6) is 1.27. The molecule has 29 heavy (non-hydrogen) atoms. The summed E-state index contributed by atoms with van der Waals surface area (Å²) in [4.78, 5) is 37.9. The number of rotatable bonds is 6. The van der Waals surface area contributed by atoms with Crippen LogP contribution in [0.25, 0.3) is 0 Å². The van der Waals surface area contributed by atoms with Gasteiger partial charge in [-0.05, 0) is 37.2 Å². The predicted octanol–water partition coefficient (Wildman–Crippen LogP) is 3.24. The molecule has 8 heteroatoms. The molecular weight excluding hydrogens is 390 g/mol. The highest BCUT2D eigenvalue weighted by Gasteiger charge is 2.22. The maximum atomic E-state index is 12.5. The van der Waals surface area contributed by atoms with Crippen molar-refractivity contribution >= 4 is 22.9 Å². The van der Waals surface area contributed by atoms with Crippen molar-refractivity contribution in [1.82, 2.24) is 14.9 Å². The molecule has 1 aromatic heterocycles. The minimum absolute atomic E-state index is 0.0681. The van der Waals surface area contributed by atoms with Gasteiger partial charge >= 0.3 is 0 Å². The Bertz CT molecular complexity index is 936. The van der Waals surface area contributed by atoms with Crippen LogP contribution in [0, 0.1) is 6.92 Å². The summed E-state index contributed by atoms with van der Waals surface area (Å²) >= 11 is 0.834. The van der Waals surface area contributed by atoms with Gasteiger partial charge in [0.2, 0.25) is 0 Å². The fourth-order valence-corrected chi connectivity index (χ4v) is 3.29. The average molecular weight is 416 g/mol. The van der Waals surface area contributed by atoms with Gasteiger partial charge in [-0.2, -0.15) is 0 Å². The van der Waals surface area contributed by atoms with E-state index in [0.29, 0.717) is 19.6 Å². The van der Waals surface area contributed by atoms with Gasteiger partial charge in [0.25, 0.3) is 16.7 Å². The van der Waals surface area contributed by atoms with Crippen LogP contribution in [0.1, 0.15) is 30.9 Å². The number of thioether (sulfide) groups is 1. The fraction of sp³-hybridized carbons (Fsp3) is 0.333. The van der Waals surface area contributed by atoms with E-state index in [2.05, 4.69) is 16.9 Å². The fourth-order valence-electron chi connectivity index (χ4n) is 2.78. The van der Waals surface area contributed by atoms with E-state index in [9.17, 15) is 14.4 Å². The smallest absolute Gasteiger partial charge is 0.290 e. The molecule has 3 rings (SSSR count). The van der Waals surface area contributed by atoms with Crippen LogP contribution in [0.4, 0.5) is 4.79 Å². The third kappa shape index (κ3) is 6.05. The standard InChI is InChI=1S/C17H22N2O2.C4H3NO2S/c1-4-15-13(3)18-16(5-2)19(17(15)20)11-12-21-14-9-7-6-8-10-14;1-2-3(6)5-4(7)8-2/h6-10H,4-5,11-12H2,1-3H3;1H2,(H,5,6,7). The van der Waals surface area contributed by atoms with E-state index in [4.69, 9.17) is 4.74 Å². The molecule has 2 amide bonds. The van der Waals surface area contributed by atoms with E-state index in [1.54, 1.807) is 4.57 Å². The van der Waals surface area contributed by atoms with Crippen LogP contribution in [0.5, 0.6) is 5.75 Å². The number of aryl methyl sites for hydroxylation is 2. The van der Waals surface area contributed by atoms with Gasteiger partial charge in [-0.15, -0.1) is 0 Å². The highest BCUT2D eigenvalue weighted by Crippen LogP contribution is 2.19. The normalized spacial score (nSPS) is 13.0. The summed E-state index contributed by atoms with van der Waals surface area (Å²) in [7, 11) is 0. The summed E-state index contributed by atoms with van der Waals surface area (Å²) in [6.07, 6.45) is 1.45. The molecule has 2 aromatic rings. The number of nitrogens with one attached hydrogen (secondary N) is 1. The molecule has 0 saturated carbocycles. The Morgan fingerprint density at radius 3 is 2.31 bits per heavy atom. The van der Waals surface area contributed by atoms with Crippen LogP contribution in [0.15, 0.2) is 46.6 Å². The molecule has 0 atom stereocenters. The number of hydrogen-bond donors (Lipinski definition) is 1. The first kappa shape index (κ1) is 22.4. The quantitative estimate of drug-likeness (QED) is 0.729. The number of hydrogen-bond acceptors (Lipinski definition) is 6. The van der Waals surface area contributed by atoms with Gasteiger partial charge in [0.15, 0.2) is 0 Å². The van der Waals surface area contributed by atoms with Crippen LogP contribution in [-0.2, 0) is 24.2 Å². The number of ether oxygens (including phenoxy) is 1. The van der Waals surface area contributed by atoms with E-state index < -0.39 is 0 Å². The maximum absolute atomic E-state index is 12.5. The highest BCUT2D eigenvalue weighted by atomic mass is 32.2. The van der Waals surface area contributed by atoms with Gasteiger partial charge in [-0.3, -0.25) is 24.3 Å². The predicted molar refractivity (Wildman–Crippen MR) is 114 cm³/mol. The zero-order chi connectivity index (χ0) is 21.4. The second kappa shape index (κ2) is 10.6. The second-order valence-electron chi connectivity index (χ2n) is 6.18. The molecule has 0 bridgehead atoms. The van der Waals surface area contributed by atoms with Crippen molar-refractivity contribution in [3.63, 3.8) is 0 Å². The SMILES string of the molecule is C=C1SC(=O)NC1=O.CCc1c(C)nc(CC)n(CCOc2ccccc2)c1=O. The third-order valence-electron chi connectivity index (χ3n) is 4.23. The molecule has 1 aliphatic heterocycles. The molecule has 0 unspecified atom stereocenters. The second-order valence-corrected chi connectivity index (χ2v) is 7.25. The highest BCUT2D eigenvalue weighted by molar-refractivity contribution is 8.18. The first-order valence-electron chi connectivity index (χ1n) is 9.36. The summed E-state index contributed by atoms with van der Waals surface area (Å²) in [6, 6.07) is 9.63. The van der Waals surface area contributed by atoms with Crippen molar-refractivity contribution in [2.75, 3.05) is 6.61 Å². The molecular formula is C21H25N3O4S. The molecule has 0 aliphatic carbocycles. The number of para-hydroxylation sites is 1. The zero-order valence-electron chi connectivity index (χ0n) is 16.9. The first-order chi connectivity index (χ1) is 13.9. The molecule has 0 spiro atoms. The van der Waals surface area contributed by atoms with Crippen molar-refractivity contribution in [2.24, 2.45) is 0 Å². The Morgan fingerprint density at radius 1 is 1.14 bits per heavy atom. The van der Waals surface area contributed by atoms with Crippen LogP contribution in [-0.4, -0.2) is 27.3 Å². The Hall–Kier alpha value is -2.87. The number of carbonyl (C=O) groups excluding carboxylic acids is 2. The van der Waals surface area contributed by atoms with Crippen molar-refractivity contribution in [3.05, 3.63) is 69.3 Å². The van der Waals surface area contributed by atoms with Gasteiger partial charge in [-0.25, -0.2) is 4.98 Å². The van der Waals surface area contributed by atoms with Gasteiger partial charge in [-0.1, -0.05) is 38.6 Å². The van der Waals surface area contributed by atoms with E-state index in [1.807, 2.05) is 51.1 Å². The Kier molecular flexibility index (Phi) is 8.21. The molecule has 1 aromatic carbocycles. The number of benzene rings is 1. The lowest BCUT2D eigenvalue weighted by atomic mass is 10.2. The lowest BCUT2D eigenvalue weighted by Crippen LogP contribution is -2.31. The Labute approximate surface area is 174 Å². The van der Waals surface area contributed by atoms with E-state index in [0.717, 1.165) is 41.0 Å². The minimum atomic E-state index is -0.375. The number of aromatic nitrogens is 2. The molecule has 154 valence electrons. The van der Waals surface area contributed by atoms with Crippen molar-refractivity contribution < 1.29 is 14.3 Å². The Morgan fingerprint density at radius 2 is 1.83 bits per heavy atom. The van der Waals surface area contributed by atoms with Gasteiger partial charge < -0.3 is 4.74 Å². The van der Waals surface area contributed by atoms with E-state index in [-0.39, 0.29) is 21.6 Å². The molecule has 1 fully saturated rings. The van der Waals surface area contributed by atoms with E-state index >= 15 is 0 Å². The zero-order valence-corrected chi connectivity index (χ0v) is 17.7. The monoisotopic (exact) mass is 415 g/mol. The molecule has 1 saturated heterocycles. The topological polar surface area (TPSA) is 90.3 Å². The van der Waals surface area contributed by atoms with E-state index in [1.165, 1.54) is 0 Å². The number of nitrogens with zero attached hydrogens (tertiary/aromatic N) is 2. The van der Waals surface area contributed by atoms with Gasteiger partial charge in [0.05, 0.1) is 11.4 Å². The lowest BCUT2D eigenvalue weighted by molar-refractivity contribution is -0.115. The minimum Gasteiger partial charge on any atom is -0.492 e. The molecule has 0 radical (unpaired) electrons. The van der Waals surface area contributed by atoms with Crippen LogP contribution in [0.2, 0.25) is 0 Å². The van der Waals surface area contributed by atoms with Crippen molar-refractivity contribution in [1.29, 1.82) is 0 Å². The van der Waals surface area contributed by atoms with Crippen molar-refractivity contribution in [2.45, 2.75) is 40.2 Å².